The van der Waals surface area contributed by atoms with Crippen molar-refractivity contribution in [1.29, 1.82) is 0 Å². The van der Waals surface area contributed by atoms with E-state index in [-0.39, 0.29) is 5.78 Å². The molecule has 0 fully saturated rings. The third-order valence-corrected chi connectivity index (χ3v) is 3.48. The van der Waals surface area contributed by atoms with E-state index in [0.29, 0.717) is 28.6 Å². The molecule has 2 rings (SSSR count). The molecule has 0 aliphatic heterocycles. The minimum Gasteiger partial charge on any atom is -0.493 e. The largest absolute Gasteiger partial charge is 0.493 e. The van der Waals surface area contributed by atoms with Gasteiger partial charge in [0.05, 0.1) is 34.0 Å². The van der Waals surface area contributed by atoms with Gasteiger partial charge in [0.1, 0.15) is 0 Å². The first-order valence-corrected chi connectivity index (χ1v) is 7.30. The van der Waals surface area contributed by atoms with Crippen LogP contribution in [0.4, 0.5) is 0 Å². The molecule has 0 aromatic heterocycles. The fraction of sp³-hybridized carbons (Fsp3) is 0.211. The zero-order valence-corrected chi connectivity index (χ0v) is 14.2. The zero-order valence-electron chi connectivity index (χ0n) is 14.2. The third-order valence-electron chi connectivity index (χ3n) is 3.48. The van der Waals surface area contributed by atoms with Gasteiger partial charge in [0.15, 0.2) is 17.3 Å². The quantitative estimate of drug-likeness (QED) is 0.574. The Balaban J connectivity index is 2.48. The van der Waals surface area contributed by atoms with E-state index in [1.165, 1.54) is 34.5 Å². The van der Waals surface area contributed by atoms with Gasteiger partial charge < -0.3 is 18.9 Å². The number of allylic oxidation sites excluding steroid dienone is 1. The molecule has 0 aliphatic rings. The first kappa shape index (κ1) is 17.4. The summed E-state index contributed by atoms with van der Waals surface area (Å²) in [6.45, 7) is 0. The van der Waals surface area contributed by atoms with Crippen molar-refractivity contribution in [3.63, 3.8) is 0 Å². The standard InChI is InChI=1S/C19H20O5/c1-21-16-12-14(17(22-2)19(24-4)18(16)23-3)15(20)11-10-13-8-6-5-7-9-13/h5-12H,1-4H3. The van der Waals surface area contributed by atoms with Crippen molar-refractivity contribution in [1.82, 2.24) is 0 Å². The summed E-state index contributed by atoms with van der Waals surface area (Å²) < 4.78 is 21.3. The van der Waals surface area contributed by atoms with Crippen LogP contribution >= 0.6 is 0 Å². The second-order valence-electron chi connectivity index (χ2n) is 4.83. The topological polar surface area (TPSA) is 54.0 Å². The summed E-state index contributed by atoms with van der Waals surface area (Å²) in [6, 6.07) is 11.1. The SMILES string of the molecule is COc1cc(C(=O)C=Cc2ccccc2)c(OC)c(OC)c1OC. The van der Waals surface area contributed by atoms with E-state index in [1.54, 1.807) is 12.1 Å². The van der Waals surface area contributed by atoms with E-state index in [9.17, 15) is 4.79 Å². The zero-order chi connectivity index (χ0) is 17.5. The predicted octanol–water partition coefficient (Wildman–Crippen LogP) is 3.62. The fourth-order valence-corrected chi connectivity index (χ4v) is 2.34. The molecule has 0 radical (unpaired) electrons. The smallest absolute Gasteiger partial charge is 0.208 e. The molecule has 0 amide bonds. The molecule has 24 heavy (non-hydrogen) atoms. The minimum absolute atomic E-state index is 0.227. The van der Waals surface area contributed by atoms with Crippen LogP contribution in [0, 0.1) is 0 Å². The van der Waals surface area contributed by atoms with E-state index < -0.39 is 0 Å². The number of ether oxygens (including phenoxy) is 4. The number of benzene rings is 2. The molecule has 0 N–H and O–H groups in total. The molecule has 0 saturated carbocycles. The number of carbonyl (C=O) groups is 1. The maximum Gasteiger partial charge on any atom is 0.208 e. The van der Waals surface area contributed by atoms with E-state index >= 15 is 0 Å². The van der Waals surface area contributed by atoms with Crippen LogP contribution in [0.5, 0.6) is 23.0 Å². The second-order valence-corrected chi connectivity index (χ2v) is 4.83. The summed E-state index contributed by atoms with van der Waals surface area (Å²) in [5.74, 6) is 1.16. The van der Waals surface area contributed by atoms with Gasteiger partial charge in [-0.2, -0.15) is 0 Å². The number of hydrogen-bond acceptors (Lipinski definition) is 5. The molecule has 0 saturated heterocycles. The highest BCUT2D eigenvalue weighted by atomic mass is 16.5. The molecule has 126 valence electrons. The van der Waals surface area contributed by atoms with Crippen molar-refractivity contribution in [3.8, 4) is 23.0 Å². The van der Waals surface area contributed by atoms with Crippen LogP contribution in [-0.2, 0) is 0 Å². The summed E-state index contributed by atoms with van der Waals surface area (Å²) in [5, 5.41) is 0. The summed E-state index contributed by atoms with van der Waals surface area (Å²) >= 11 is 0. The monoisotopic (exact) mass is 328 g/mol. The maximum atomic E-state index is 12.6. The van der Waals surface area contributed by atoms with Crippen molar-refractivity contribution in [3.05, 3.63) is 53.6 Å². The van der Waals surface area contributed by atoms with Crippen LogP contribution in [-0.4, -0.2) is 34.2 Å². The Morgan fingerprint density at radius 1 is 0.833 bits per heavy atom. The Labute approximate surface area is 141 Å². The summed E-state index contributed by atoms with van der Waals surface area (Å²) in [7, 11) is 5.95. The Bertz CT molecular complexity index is 735. The van der Waals surface area contributed by atoms with Gasteiger partial charge in [-0.05, 0) is 17.7 Å². The third kappa shape index (κ3) is 3.51. The van der Waals surface area contributed by atoms with Crippen LogP contribution in [0.25, 0.3) is 6.08 Å². The molecule has 5 heteroatoms. The van der Waals surface area contributed by atoms with Crippen LogP contribution in [0.3, 0.4) is 0 Å². The highest BCUT2D eigenvalue weighted by Crippen LogP contribution is 2.46. The molecule has 2 aromatic rings. The Morgan fingerprint density at radius 3 is 2.00 bits per heavy atom. The van der Waals surface area contributed by atoms with Crippen molar-refractivity contribution in [2.24, 2.45) is 0 Å². The van der Waals surface area contributed by atoms with Gasteiger partial charge in [-0.15, -0.1) is 0 Å². The van der Waals surface area contributed by atoms with Crippen molar-refractivity contribution < 1.29 is 23.7 Å². The van der Waals surface area contributed by atoms with Gasteiger partial charge in [0.25, 0.3) is 0 Å². The van der Waals surface area contributed by atoms with Crippen LogP contribution < -0.4 is 18.9 Å². The van der Waals surface area contributed by atoms with Crippen molar-refractivity contribution >= 4 is 11.9 Å². The lowest BCUT2D eigenvalue weighted by molar-refractivity contribution is 0.104. The van der Waals surface area contributed by atoms with E-state index in [1.807, 2.05) is 30.3 Å². The molecule has 0 unspecified atom stereocenters. The molecule has 2 aromatic carbocycles. The number of rotatable bonds is 7. The second kappa shape index (κ2) is 8.06. The summed E-state index contributed by atoms with van der Waals surface area (Å²) in [6.07, 6.45) is 3.23. The Morgan fingerprint density at radius 2 is 1.46 bits per heavy atom. The fourth-order valence-electron chi connectivity index (χ4n) is 2.34. The van der Waals surface area contributed by atoms with Crippen LogP contribution in [0.15, 0.2) is 42.5 Å². The first-order valence-electron chi connectivity index (χ1n) is 7.30. The van der Waals surface area contributed by atoms with Gasteiger partial charge in [-0.1, -0.05) is 36.4 Å². The van der Waals surface area contributed by atoms with Gasteiger partial charge in [0, 0.05) is 0 Å². The van der Waals surface area contributed by atoms with Gasteiger partial charge in [0.2, 0.25) is 11.5 Å². The van der Waals surface area contributed by atoms with Crippen molar-refractivity contribution in [2.45, 2.75) is 0 Å². The lowest BCUT2D eigenvalue weighted by atomic mass is 10.1. The summed E-state index contributed by atoms with van der Waals surface area (Å²) in [4.78, 5) is 12.6. The highest BCUT2D eigenvalue weighted by molar-refractivity contribution is 6.09. The minimum atomic E-state index is -0.227. The van der Waals surface area contributed by atoms with E-state index in [0.717, 1.165) is 5.56 Å². The Kier molecular flexibility index (Phi) is 5.84. The number of ketones is 1. The van der Waals surface area contributed by atoms with Crippen molar-refractivity contribution in [2.75, 3.05) is 28.4 Å². The molecule has 0 aliphatic carbocycles. The average molecular weight is 328 g/mol. The van der Waals surface area contributed by atoms with Gasteiger partial charge in [-0.3, -0.25) is 4.79 Å². The number of hydrogen-bond donors (Lipinski definition) is 0. The van der Waals surface area contributed by atoms with Crippen LogP contribution in [0.1, 0.15) is 15.9 Å². The molecule has 0 spiro atoms. The molecule has 0 heterocycles. The summed E-state index contributed by atoms with van der Waals surface area (Å²) in [5.41, 5.74) is 1.26. The van der Waals surface area contributed by atoms with E-state index in [2.05, 4.69) is 0 Å². The molecular formula is C19H20O5. The highest BCUT2D eigenvalue weighted by Gasteiger charge is 2.24. The first-order chi connectivity index (χ1) is 11.7. The van der Waals surface area contributed by atoms with E-state index in [4.69, 9.17) is 18.9 Å². The number of methoxy groups -OCH3 is 4. The number of carbonyl (C=O) groups excluding carboxylic acids is 1. The molecule has 0 atom stereocenters. The molecular weight excluding hydrogens is 308 g/mol. The molecule has 5 nitrogen and oxygen atoms in total. The predicted molar refractivity (Wildman–Crippen MR) is 92.5 cm³/mol. The lowest BCUT2D eigenvalue weighted by Gasteiger charge is -2.17. The van der Waals surface area contributed by atoms with Crippen LogP contribution in [0.2, 0.25) is 0 Å². The van der Waals surface area contributed by atoms with Gasteiger partial charge >= 0.3 is 0 Å². The lowest BCUT2D eigenvalue weighted by Crippen LogP contribution is -2.04. The molecule has 0 bridgehead atoms. The average Bonchev–Trinajstić information content (AvgIpc) is 2.64. The van der Waals surface area contributed by atoms with Gasteiger partial charge in [-0.25, -0.2) is 0 Å². The Hall–Kier alpha value is -2.95. The maximum absolute atomic E-state index is 12.6. The normalized spacial score (nSPS) is 10.5.